The van der Waals surface area contributed by atoms with Gasteiger partial charge in [0.1, 0.15) is 6.10 Å². The van der Waals surface area contributed by atoms with E-state index >= 15 is 0 Å². The largest absolute Gasteiger partial charge is 0.462 e. The summed E-state index contributed by atoms with van der Waals surface area (Å²) in [4.78, 5) is 12.7. The highest BCUT2D eigenvalue weighted by molar-refractivity contribution is 5.69. The van der Waals surface area contributed by atoms with Crippen molar-refractivity contribution in [2.45, 2.75) is 182 Å². The minimum Gasteiger partial charge on any atom is -0.462 e. The lowest BCUT2D eigenvalue weighted by molar-refractivity contribution is -0.151. The van der Waals surface area contributed by atoms with E-state index in [9.17, 15) is 4.79 Å². The van der Waals surface area contributed by atoms with E-state index in [1.807, 2.05) is 0 Å². The second kappa shape index (κ2) is 16.5. The minimum atomic E-state index is 0.0506. The second-order valence-electron chi connectivity index (χ2n) is 16.6. The number of fused-ring (bicyclic) bond motifs is 5. The normalized spacial score (nSPS) is 34.5. The molecule has 0 aromatic rings. The summed E-state index contributed by atoms with van der Waals surface area (Å²) >= 11 is 0. The molecule has 246 valence electrons. The lowest BCUT2D eigenvalue weighted by Crippen LogP contribution is -2.51. The van der Waals surface area contributed by atoms with Crippen molar-refractivity contribution in [3.63, 3.8) is 0 Å². The van der Waals surface area contributed by atoms with Crippen LogP contribution in [-0.2, 0) is 9.53 Å². The molecule has 4 rings (SSSR count). The van der Waals surface area contributed by atoms with E-state index < -0.39 is 0 Å². The van der Waals surface area contributed by atoms with Crippen LogP contribution >= 0.6 is 0 Å². The molecule has 0 heterocycles. The number of hydrogen-bond donors (Lipinski definition) is 0. The summed E-state index contributed by atoms with van der Waals surface area (Å²) in [6.07, 6.45) is 33.6. The lowest BCUT2D eigenvalue weighted by atomic mass is 9.47. The topological polar surface area (TPSA) is 26.3 Å². The Bertz CT molecular complexity index is 915. The molecule has 3 fully saturated rings. The number of hydrogen-bond acceptors (Lipinski definition) is 2. The zero-order valence-corrected chi connectivity index (χ0v) is 29.4. The van der Waals surface area contributed by atoms with E-state index in [0.29, 0.717) is 17.3 Å². The fraction of sp³-hybridized carbons (Fsp3) is 0.878. The molecular formula is C41H70O2. The fourth-order valence-corrected chi connectivity index (χ4v) is 10.6. The quantitative estimate of drug-likeness (QED) is 0.0951. The first kappa shape index (κ1) is 34.8. The van der Waals surface area contributed by atoms with Gasteiger partial charge < -0.3 is 4.74 Å². The molecule has 4 unspecified atom stereocenters. The van der Waals surface area contributed by atoms with Crippen molar-refractivity contribution in [3.8, 4) is 0 Å². The van der Waals surface area contributed by atoms with Gasteiger partial charge in [-0.1, -0.05) is 117 Å². The van der Waals surface area contributed by atoms with Crippen LogP contribution < -0.4 is 0 Å². The van der Waals surface area contributed by atoms with Crippen molar-refractivity contribution < 1.29 is 9.53 Å². The van der Waals surface area contributed by atoms with Crippen LogP contribution in [0.3, 0.4) is 0 Å². The number of carbonyl (C=O) groups is 1. The highest BCUT2D eigenvalue weighted by Crippen LogP contribution is 2.67. The maximum absolute atomic E-state index is 12.7. The Hall–Kier alpha value is -1.05. The van der Waals surface area contributed by atoms with Crippen molar-refractivity contribution in [2.24, 2.45) is 46.3 Å². The molecule has 0 bridgehead atoms. The summed E-state index contributed by atoms with van der Waals surface area (Å²) in [7, 11) is 0. The maximum atomic E-state index is 12.7. The molecule has 0 aromatic heterocycles. The van der Waals surface area contributed by atoms with Crippen LogP contribution in [0.15, 0.2) is 23.8 Å². The Balaban J connectivity index is 1.20. The third kappa shape index (κ3) is 8.82. The molecule has 3 saturated carbocycles. The third-order valence-electron chi connectivity index (χ3n) is 13.2. The molecule has 0 aromatic carbocycles. The Kier molecular flexibility index (Phi) is 13.4. The number of unbranched alkanes of at least 4 members (excludes halogenated alkanes) is 7. The molecule has 0 aliphatic heterocycles. The van der Waals surface area contributed by atoms with Gasteiger partial charge in [0.25, 0.3) is 0 Å². The van der Waals surface area contributed by atoms with Gasteiger partial charge in [0, 0.05) is 12.8 Å². The van der Waals surface area contributed by atoms with E-state index in [-0.39, 0.29) is 12.1 Å². The van der Waals surface area contributed by atoms with E-state index in [0.717, 1.165) is 61.2 Å². The monoisotopic (exact) mass is 595 g/mol. The van der Waals surface area contributed by atoms with Crippen molar-refractivity contribution >= 4 is 5.97 Å². The van der Waals surface area contributed by atoms with Gasteiger partial charge in [0.05, 0.1) is 0 Å². The van der Waals surface area contributed by atoms with Crippen LogP contribution in [0.4, 0.5) is 0 Å². The van der Waals surface area contributed by atoms with Gasteiger partial charge in [-0.3, -0.25) is 4.79 Å². The zero-order chi connectivity index (χ0) is 30.9. The second-order valence-corrected chi connectivity index (χ2v) is 16.6. The first-order chi connectivity index (χ1) is 20.7. The number of carbonyl (C=O) groups excluding carboxylic acids is 1. The number of esters is 1. The Morgan fingerprint density at radius 3 is 2.40 bits per heavy atom. The highest BCUT2D eigenvalue weighted by Gasteiger charge is 2.59. The molecule has 8 atom stereocenters. The van der Waals surface area contributed by atoms with Crippen molar-refractivity contribution in [2.75, 3.05) is 0 Å². The predicted octanol–water partition coefficient (Wildman–Crippen LogP) is 12.4. The summed E-state index contributed by atoms with van der Waals surface area (Å²) in [5, 5.41) is 0. The molecule has 4 aliphatic rings. The smallest absolute Gasteiger partial charge is 0.306 e. The highest BCUT2D eigenvalue weighted by atomic mass is 16.5. The van der Waals surface area contributed by atoms with Crippen LogP contribution in [0, 0.1) is 46.3 Å². The van der Waals surface area contributed by atoms with Gasteiger partial charge in [-0.05, 0) is 117 Å². The van der Waals surface area contributed by atoms with Crippen LogP contribution in [0.2, 0.25) is 0 Å². The molecule has 0 amide bonds. The SMILES string of the molecule is CCCC/C=C\CCCCCCCC(=O)O[C@H]1CC[C@@]2(C)C(=CCC3C4CCC([C@H](C)CCCC(C)C)[C@@]4(C)CCC32)C1. The van der Waals surface area contributed by atoms with Gasteiger partial charge in [-0.15, -0.1) is 0 Å². The molecule has 43 heavy (non-hydrogen) atoms. The summed E-state index contributed by atoms with van der Waals surface area (Å²) in [5.41, 5.74) is 2.53. The van der Waals surface area contributed by atoms with Crippen LogP contribution in [0.25, 0.3) is 0 Å². The standard InChI is InChI=1S/C41H70O2/c1-7-8-9-10-11-12-13-14-15-16-17-21-39(42)43-34-26-28-40(5)33(30-34)22-23-35-37-25-24-36(32(4)20-18-19-31(2)3)41(37,6)29-27-38(35)40/h10-11,22,31-32,34-38H,7-9,12-21,23-30H2,1-6H3/b11-10-/t32-,34+,35?,36?,37?,38?,40+,41-/m1/s1. The predicted molar refractivity (Wildman–Crippen MR) is 184 cm³/mol. The maximum Gasteiger partial charge on any atom is 0.306 e. The molecule has 0 saturated heterocycles. The third-order valence-corrected chi connectivity index (χ3v) is 13.2. The van der Waals surface area contributed by atoms with Crippen molar-refractivity contribution in [1.29, 1.82) is 0 Å². The number of rotatable bonds is 17. The summed E-state index contributed by atoms with van der Waals surface area (Å²) < 4.78 is 6.10. The van der Waals surface area contributed by atoms with Crippen LogP contribution in [0.1, 0.15) is 176 Å². The Labute approximate surface area is 267 Å². The summed E-state index contributed by atoms with van der Waals surface area (Å²) in [6, 6.07) is 0. The first-order valence-electron chi connectivity index (χ1n) is 19.2. The molecule has 2 nitrogen and oxygen atoms in total. The van der Waals surface area contributed by atoms with E-state index in [4.69, 9.17) is 4.74 Å². The number of allylic oxidation sites excluding steroid dienone is 3. The molecular weight excluding hydrogens is 524 g/mol. The summed E-state index contributed by atoms with van der Waals surface area (Å²) in [5.74, 6) is 5.32. The molecule has 0 radical (unpaired) electrons. The Morgan fingerprint density at radius 2 is 1.63 bits per heavy atom. The van der Waals surface area contributed by atoms with Gasteiger partial charge >= 0.3 is 5.97 Å². The minimum absolute atomic E-state index is 0.0506. The molecule has 0 N–H and O–H groups in total. The van der Waals surface area contributed by atoms with E-state index in [1.165, 1.54) is 103 Å². The van der Waals surface area contributed by atoms with Gasteiger partial charge in [-0.2, -0.15) is 0 Å². The summed E-state index contributed by atoms with van der Waals surface area (Å²) in [6.45, 7) is 14.9. The fourth-order valence-electron chi connectivity index (χ4n) is 10.6. The van der Waals surface area contributed by atoms with Crippen LogP contribution in [-0.4, -0.2) is 12.1 Å². The van der Waals surface area contributed by atoms with Gasteiger partial charge in [-0.25, -0.2) is 0 Å². The van der Waals surface area contributed by atoms with Crippen LogP contribution in [0.5, 0.6) is 0 Å². The Morgan fingerprint density at radius 1 is 0.884 bits per heavy atom. The van der Waals surface area contributed by atoms with Gasteiger partial charge in [0.15, 0.2) is 0 Å². The zero-order valence-electron chi connectivity index (χ0n) is 29.4. The van der Waals surface area contributed by atoms with E-state index in [2.05, 4.69) is 59.8 Å². The molecule has 4 aliphatic carbocycles. The average molecular weight is 595 g/mol. The molecule has 2 heteroatoms. The number of ether oxygens (including phenoxy) is 1. The van der Waals surface area contributed by atoms with E-state index in [1.54, 1.807) is 5.57 Å². The first-order valence-corrected chi connectivity index (χ1v) is 19.2. The molecule has 0 spiro atoms. The average Bonchev–Trinajstić information content (AvgIpc) is 3.33. The van der Waals surface area contributed by atoms with Crippen molar-refractivity contribution in [1.82, 2.24) is 0 Å². The van der Waals surface area contributed by atoms with Gasteiger partial charge in [0.2, 0.25) is 0 Å². The lowest BCUT2D eigenvalue weighted by Gasteiger charge is -2.58. The van der Waals surface area contributed by atoms with Crippen molar-refractivity contribution in [3.05, 3.63) is 23.8 Å².